The summed E-state index contributed by atoms with van der Waals surface area (Å²) in [5, 5.41) is 2.94. The highest BCUT2D eigenvalue weighted by Crippen LogP contribution is 2.30. The van der Waals surface area contributed by atoms with Gasteiger partial charge in [-0.1, -0.05) is 17.7 Å². The number of ether oxygens (including phenoxy) is 1. The standard InChI is InChI=1S/C17H19ClN2O4/c1-3-8-19-16(22)11(2)24-17(23)12-6-7-13(18)14(10-12)20-9-4-5-15(20)21/h3,6-7,10-11H,1,4-5,8-9H2,2H3,(H,19,22)/t11-/m1/s1. The van der Waals surface area contributed by atoms with Crippen LogP contribution in [0.2, 0.25) is 5.02 Å². The Balaban J connectivity index is 2.11. The summed E-state index contributed by atoms with van der Waals surface area (Å²) in [6.07, 6.45) is 1.81. The molecule has 0 aliphatic carbocycles. The summed E-state index contributed by atoms with van der Waals surface area (Å²) >= 11 is 6.14. The molecule has 1 aromatic carbocycles. The predicted octanol–water partition coefficient (Wildman–Crippen LogP) is 2.31. The van der Waals surface area contributed by atoms with Crippen LogP contribution in [0, 0.1) is 0 Å². The average molecular weight is 351 g/mol. The van der Waals surface area contributed by atoms with E-state index >= 15 is 0 Å². The molecule has 6 nitrogen and oxygen atoms in total. The highest BCUT2D eigenvalue weighted by molar-refractivity contribution is 6.34. The van der Waals surface area contributed by atoms with Crippen molar-refractivity contribution in [2.24, 2.45) is 0 Å². The van der Waals surface area contributed by atoms with Gasteiger partial charge in [0.1, 0.15) is 0 Å². The molecular weight excluding hydrogens is 332 g/mol. The van der Waals surface area contributed by atoms with Crippen molar-refractivity contribution in [3.05, 3.63) is 41.4 Å². The number of esters is 1. The molecule has 1 N–H and O–H groups in total. The van der Waals surface area contributed by atoms with Gasteiger partial charge in [0, 0.05) is 19.5 Å². The summed E-state index contributed by atoms with van der Waals surface area (Å²) in [6, 6.07) is 4.56. The van der Waals surface area contributed by atoms with Crippen molar-refractivity contribution in [3.8, 4) is 0 Å². The number of hydrogen-bond acceptors (Lipinski definition) is 4. The van der Waals surface area contributed by atoms with Gasteiger partial charge in [0.25, 0.3) is 5.91 Å². The van der Waals surface area contributed by atoms with Crippen LogP contribution in [0.4, 0.5) is 5.69 Å². The second-order valence-electron chi connectivity index (χ2n) is 5.40. The number of nitrogens with one attached hydrogen (secondary N) is 1. The van der Waals surface area contributed by atoms with Crippen LogP contribution in [0.3, 0.4) is 0 Å². The lowest BCUT2D eigenvalue weighted by atomic mass is 10.2. The van der Waals surface area contributed by atoms with Gasteiger partial charge in [-0.3, -0.25) is 9.59 Å². The fourth-order valence-corrected chi connectivity index (χ4v) is 2.57. The van der Waals surface area contributed by atoms with Gasteiger partial charge in [0.2, 0.25) is 5.91 Å². The summed E-state index contributed by atoms with van der Waals surface area (Å²) in [5.41, 5.74) is 0.717. The van der Waals surface area contributed by atoms with Gasteiger partial charge in [0.15, 0.2) is 6.10 Å². The van der Waals surface area contributed by atoms with Crippen molar-refractivity contribution in [2.75, 3.05) is 18.0 Å². The Hall–Kier alpha value is -2.34. The highest BCUT2D eigenvalue weighted by Gasteiger charge is 2.25. The van der Waals surface area contributed by atoms with Crippen LogP contribution < -0.4 is 10.2 Å². The number of hydrogen-bond donors (Lipinski definition) is 1. The molecule has 1 heterocycles. The SMILES string of the molecule is C=CCNC(=O)[C@@H](C)OC(=O)c1ccc(Cl)c(N2CCCC2=O)c1. The van der Waals surface area contributed by atoms with Gasteiger partial charge in [-0.2, -0.15) is 0 Å². The molecule has 0 radical (unpaired) electrons. The van der Waals surface area contributed by atoms with E-state index in [1.54, 1.807) is 11.0 Å². The molecule has 1 aromatic rings. The quantitative estimate of drug-likeness (QED) is 0.631. The van der Waals surface area contributed by atoms with Crippen molar-refractivity contribution in [2.45, 2.75) is 25.9 Å². The van der Waals surface area contributed by atoms with Gasteiger partial charge in [-0.15, -0.1) is 6.58 Å². The molecule has 1 aliphatic rings. The van der Waals surface area contributed by atoms with Gasteiger partial charge in [-0.25, -0.2) is 4.79 Å². The third-order valence-corrected chi connectivity index (χ3v) is 3.94. The Morgan fingerprint density at radius 1 is 1.50 bits per heavy atom. The summed E-state index contributed by atoms with van der Waals surface area (Å²) in [5.74, 6) is -1.09. The topological polar surface area (TPSA) is 75.7 Å². The molecule has 0 spiro atoms. The van der Waals surface area contributed by atoms with E-state index in [9.17, 15) is 14.4 Å². The monoisotopic (exact) mass is 350 g/mol. The van der Waals surface area contributed by atoms with E-state index in [1.807, 2.05) is 0 Å². The first-order valence-electron chi connectivity index (χ1n) is 7.63. The summed E-state index contributed by atoms with van der Waals surface area (Å²) in [6.45, 7) is 5.84. The van der Waals surface area contributed by atoms with Crippen LogP contribution in [0.15, 0.2) is 30.9 Å². The van der Waals surface area contributed by atoms with E-state index < -0.39 is 18.0 Å². The second kappa shape index (κ2) is 7.97. The molecule has 128 valence electrons. The normalized spacial score (nSPS) is 15.1. The van der Waals surface area contributed by atoms with Crippen LogP contribution in [-0.4, -0.2) is 37.0 Å². The zero-order valence-electron chi connectivity index (χ0n) is 13.4. The minimum atomic E-state index is -0.940. The molecule has 1 aliphatic heterocycles. The molecular formula is C17H19ClN2O4. The molecule has 7 heteroatoms. The number of anilines is 1. The summed E-state index contributed by atoms with van der Waals surface area (Å²) in [4.78, 5) is 37.4. The van der Waals surface area contributed by atoms with E-state index in [0.29, 0.717) is 30.2 Å². The van der Waals surface area contributed by atoms with Gasteiger partial charge < -0.3 is 15.0 Å². The van der Waals surface area contributed by atoms with Crippen LogP contribution in [0.1, 0.15) is 30.1 Å². The Morgan fingerprint density at radius 3 is 2.88 bits per heavy atom. The van der Waals surface area contributed by atoms with Gasteiger partial charge in [-0.05, 0) is 31.5 Å². The molecule has 0 unspecified atom stereocenters. The Bertz CT molecular complexity index is 675. The average Bonchev–Trinajstić information content (AvgIpc) is 2.98. The Labute approximate surface area is 145 Å². The predicted molar refractivity (Wildman–Crippen MR) is 91.1 cm³/mol. The van der Waals surface area contributed by atoms with Crippen molar-refractivity contribution >= 4 is 35.1 Å². The number of carbonyl (C=O) groups is 3. The van der Waals surface area contributed by atoms with E-state index in [0.717, 1.165) is 6.42 Å². The summed E-state index contributed by atoms with van der Waals surface area (Å²) in [7, 11) is 0. The van der Waals surface area contributed by atoms with Crippen molar-refractivity contribution in [1.29, 1.82) is 0 Å². The first-order chi connectivity index (χ1) is 11.4. The third kappa shape index (κ3) is 4.14. The zero-order valence-corrected chi connectivity index (χ0v) is 14.1. The zero-order chi connectivity index (χ0) is 17.7. The maximum atomic E-state index is 12.2. The summed E-state index contributed by atoms with van der Waals surface area (Å²) < 4.78 is 5.15. The minimum absolute atomic E-state index is 0.0282. The molecule has 0 saturated carbocycles. The molecule has 1 saturated heterocycles. The molecule has 0 bridgehead atoms. The largest absolute Gasteiger partial charge is 0.449 e. The lowest BCUT2D eigenvalue weighted by molar-refractivity contribution is -0.128. The third-order valence-electron chi connectivity index (χ3n) is 3.62. The van der Waals surface area contributed by atoms with Gasteiger partial charge in [0.05, 0.1) is 16.3 Å². The molecule has 0 aromatic heterocycles. The molecule has 24 heavy (non-hydrogen) atoms. The number of nitrogens with zero attached hydrogens (tertiary/aromatic N) is 1. The number of carbonyl (C=O) groups excluding carboxylic acids is 3. The molecule has 2 amide bonds. The number of amides is 2. The number of rotatable bonds is 6. The van der Waals surface area contributed by atoms with Crippen LogP contribution in [0.25, 0.3) is 0 Å². The van der Waals surface area contributed by atoms with E-state index in [1.165, 1.54) is 25.1 Å². The van der Waals surface area contributed by atoms with Gasteiger partial charge >= 0.3 is 5.97 Å². The Kier molecular flexibility index (Phi) is 5.98. The van der Waals surface area contributed by atoms with Crippen molar-refractivity contribution in [1.82, 2.24) is 5.32 Å². The fraction of sp³-hybridized carbons (Fsp3) is 0.353. The van der Waals surface area contributed by atoms with Crippen LogP contribution in [0.5, 0.6) is 0 Å². The molecule has 2 rings (SSSR count). The first kappa shape index (κ1) is 18.0. The lowest BCUT2D eigenvalue weighted by Crippen LogP contribution is -2.35. The maximum Gasteiger partial charge on any atom is 0.338 e. The minimum Gasteiger partial charge on any atom is -0.449 e. The molecule has 1 atom stereocenters. The van der Waals surface area contributed by atoms with E-state index in [2.05, 4.69) is 11.9 Å². The number of benzene rings is 1. The fourth-order valence-electron chi connectivity index (χ4n) is 2.35. The second-order valence-corrected chi connectivity index (χ2v) is 5.80. The Morgan fingerprint density at radius 2 is 2.25 bits per heavy atom. The lowest BCUT2D eigenvalue weighted by Gasteiger charge is -2.18. The van der Waals surface area contributed by atoms with Crippen LogP contribution >= 0.6 is 11.6 Å². The van der Waals surface area contributed by atoms with Crippen molar-refractivity contribution in [3.63, 3.8) is 0 Å². The van der Waals surface area contributed by atoms with Crippen molar-refractivity contribution < 1.29 is 19.1 Å². The van der Waals surface area contributed by atoms with Crippen LogP contribution in [-0.2, 0) is 14.3 Å². The smallest absolute Gasteiger partial charge is 0.338 e. The first-order valence-corrected chi connectivity index (χ1v) is 8.01. The van der Waals surface area contributed by atoms with E-state index in [4.69, 9.17) is 16.3 Å². The number of halogens is 1. The maximum absolute atomic E-state index is 12.2. The van der Waals surface area contributed by atoms with E-state index in [-0.39, 0.29) is 11.5 Å². The molecule has 1 fully saturated rings. The highest BCUT2D eigenvalue weighted by atomic mass is 35.5.